The molecule has 4 nitrogen and oxygen atoms in total. The summed E-state index contributed by atoms with van der Waals surface area (Å²) in [7, 11) is 0. The largest absolute Gasteiger partial charge is 0.385 e. The van der Waals surface area contributed by atoms with Crippen LogP contribution in [0.4, 0.5) is 5.69 Å². The third-order valence-electron chi connectivity index (χ3n) is 4.04. The van der Waals surface area contributed by atoms with Gasteiger partial charge in [-0.1, -0.05) is 20.3 Å². The maximum Gasteiger partial charge on any atom is 0.272 e. The standard InChI is InChI=1S/C16H25N3O/c1-3-8-17-14-5-9-18-15(12-14)16(20)19-10-6-13(4-2)7-11-19/h5,9,12-13H,3-4,6-8,10-11H2,1-2H3,(H,17,18). The van der Waals surface area contributed by atoms with Crippen LogP contribution in [0.25, 0.3) is 0 Å². The van der Waals surface area contributed by atoms with Gasteiger partial charge in [-0.25, -0.2) is 0 Å². The first-order valence-corrected chi connectivity index (χ1v) is 7.73. The highest BCUT2D eigenvalue weighted by molar-refractivity contribution is 5.93. The van der Waals surface area contributed by atoms with Crippen LogP contribution in [0.5, 0.6) is 0 Å². The Morgan fingerprint density at radius 2 is 2.15 bits per heavy atom. The van der Waals surface area contributed by atoms with Crippen LogP contribution >= 0.6 is 0 Å². The van der Waals surface area contributed by atoms with E-state index in [9.17, 15) is 4.79 Å². The van der Waals surface area contributed by atoms with Crippen molar-refractivity contribution in [2.24, 2.45) is 5.92 Å². The Labute approximate surface area is 121 Å². The van der Waals surface area contributed by atoms with E-state index in [0.717, 1.165) is 50.5 Å². The van der Waals surface area contributed by atoms with E-state index in [1.165, 1.54) is 6.42 Å². The summed E-state index contributed by atoms with van der Waals surface area (Å²) in [6.45, 7) is 7.00. The minimum Gasteiger partial charge on any atom is -0.385 e. The van der Waals surface area contributed by atoms with Gasteiger partial charge < -0.3 is 10.2 Å². The SMILES string of the molecule is CCCNc1ccnc(C(=O)N2CCC(CC)CC2)c1. The molecular formula is C16H25N3O. The van der Waals surface area contributed by atoms with Gasteiger partial charge in [0, 0.05) is 31.5 Å². The van der Waals surface area contributed by atoms with Crippen molar-refractivity contribution in [3.63, 3.8) is 0 Å². The minimum atomic E-state index is 0.0692. The third kappa shape index (κ3) is 3.71. The lowest BCUT2D eigenvalue weighted by Crippen LogP contribution is -2.38. The first kappa shape index (κ1) is 14.8. The molecule has 2 rings (SSSR count). The number of carbonyl (C=O) groups is 1. The lowest BCUT2D eigenvalue weighted by molar-refractivity contribution is 0.0683. The molecule has 1 aromatic heterocycles. The van der Waals surface area contributed by atoms with Gasteiger partial charge in [0.15, 0.2) is 0 Å². The van der Waals surface area contributed by atoms with Crippen LogP contribution in [-0.2, 0) is 0 Å². The van der Waals surface area contributed by atoms with E-state index in [2.05, 4.69) is 24.1 Å². The predicted octanol–water partition coefficient (Wildman–Crippen LogP) is 3.17. The lowest BCUT2D eigenvalue weighted by atomic mass is 9.94. The van der Waals surface area contributed by atoms with Crippen molar-refractivity contribution >= 4 is 11.6 Å². The highest BCUT2D eigenvalue weighted by atomic mass is 16.2. The van der Waals surface area contributed by atoms with Gasteiger partial charge in [0.05, 0.1) is 0 Å². The van der Waals surface area contributed by atoms with E-state index < -0.39 is 0 Å². The summed E-state index contributed by atoms with van der Waals surface area (Å²) in [6, 6.07) is 3.78. The van der Waals surface area contributed by atoms with Gasteiger partial charge in [-0.2, -0.15) is 0 Å². The van der Waals surface area contributed by atoms with Crippen molar-refractivity contribution in [2.75, 3.05) is 25.0 Å². The average molecular weight is 275 g/mol. The summed E-state index contributed by atoms with van der Waals surface area (Å²) < 4.78 is 0. The number of nitrogens with zero attached hydrogens (tertiary/aromatic N) is 2. The maximum absolute atomic E-state index is 12.5. The second kappa shape index (κ2) is 7.27. The van der Waals surface area contributed by atoms with Crippen molar-refractivity contribution < 1.29 is 4.79 Å². The summed E-state index contributed by atoms with van der Waals surface area (Å²) in [4.78, 5) is 18.6. The molecule has 0 unspecified atom stereocenters. The molecule has 0 aliphatic carbocycles. The molecule has 1 aliphatic heterocycles. The average Bonchev–Trinajstić information content (AvgIpc) is 2.52. The fraction of sp³-hybridized carbons (Fsp3) is 0.625. The van der Waals surface area contributed by atoms with Crippen molar-refractivity contribution in [2.45, 2.75) is 39.5 Å². The van der Waals surface area contributed by atoms with Crippen molar-refractivity contribution in [1.29, 1.82) is 0 Å². The number of pyridine rings is 1. The number of hydrogen-bond acceptors (Lipinski definition) is 3. The normalized spacial score (nSPS) is 16.2. The Bertz CT molecular complexity index is 439. The molecule has 1 saturated heterocycles. The zero-order valence-electron chi connectivity index (χ0n) is 12.6. The zero-order chi connectivity index (χ0) is 14.4. The number of hydrogen-bond donors (Lipinski definition) is 1. The zero-order valence-corrected chi connectivity index (χ0v) is 12.6. The third-order valence-corrected chi connectivity index (χ3v) is 4.04. The summed E-state index contributed by atoms with van der Waals surface area (Å²) in [5.74, 6) is 0.851. The summed E-state index contributed by atoms with van der Waals surface area (Å²) in [5.41, 5.74) is 1.54. The fourth-order valence-corrected chi connectivity index (χ4v) is 2.63. The van der Waals surface area contributed by atoms with Crippen LogP contribution < -0.4 is 5.32 Å². The minimum absolute atomic E-state index is 0.0692. The van der Waals surface area contributed by atoms with Gasteiger partial charge in [0.1, 0.15) is 5.69 Å². The Hall–Kier alpha value is -1.58. The molecule has 0 bridgehead atoms. The van der Waals surface area contributed by atoms with E-state index in [1.807, 2.05) is 17.0 Å². The second-order valence-corrected chi connectivity index (χ2v) is 5.50. The molecule has 0 saturated carbocycles. The quantitative estimate of drug-likeness (QED) is 0.897. The molecule has 0 aromatic carbocycles. The van der Waals surface area contributed by atoms with Gasteiger partial charge in [0.2, 0.25) is 0 Å². The molecule has 0 atom stereocenters. The Balaban J connectivity index is 1.98. The van der Waals surface area contributed by atoms with E-state index in [-0.39, 0.29) is 5.91 Å². The smallest absolute Gasteiger partial charge is 0.272 e. The molecule has 20 heavy (non-hydrogen) atoms. The summed E-state index contributed by atoms with van der Waals surface area (Å²) in [6.07, 6.45) is 6.24. The molecule has 0 radical (unpaired) electrons. The molecular weight excluding hydrogens is 250 g/mol. The van der Waals surface area contributed by atoms with E-state index in [1.54, 1.807) is 6.20 Å². The molecule has 110 valence electrons. The molecule has 2 heterocycles. The highest BCUT2D eigenvalue weighted by Crippen LogP contribution is 2.21. The molecule has 1 N–H and O–H groups in total. The Morgan fingerprint density at radius 3 is 2.80 bits per heavy atom. The van der Waals surface area contributed by atoms with Gasteiger partial charge in [-0.3, -0.25) is 9.78 Å². The number of likely N-dealkylation sites (tertiary alicyclic amines) is 1. The Kier molecular flexibility index (Phi) is 5.39. The fourth-order valence-electron chi connectivity index (χ4n) is 2.63. The first-order chi connectivity index (χ1) is 9.74. The first-order valence-electron chi connectivity index (χ1n) is 7.73. The van der Waals surface area contributed by atoms with Crippen LogP contribution in [0.3, 0.4) is 0 Å². The number of carbonyl (C=O) groups excluding carboxylic acids is 1. The molecule has 1 fully saturated rings. The molecule has 1 aromatic rings. The van der Waals surface area contributed by atoms with E-state index in [4.69, 9.17) is 0 Å². The van der Waals surface area contributed by atoms with Gasteiger partial charge in [0.25, 0.3) is 5.91 Å². The van der Waals surface area contributed by atoms with Gasteiger partial charge in [-0.05, 0) is 37.3 Å². The van der Waals surface area contributed by atoms with Crippen molar-refractivity contribution in [3.05, 3.63) is 24.0 Å². The lowest BCUT2D eigenvalue weighted by Gasteiger charge is -2.31. The van der Waals surface area contributed by atoms with Crippen LogP contribution in [0.15, 0.2) is 18.3 Å². The van der Waals surface area contributed by atoms with E-state index in [0.29, 0.717) is 5.69 Å². The topological polar surface area (TPSA) is 45.2 Å². The second-order valence-electron chi connectivity index (χ2n) is 5.50. The van der Waals surface area contributed by atoms with Crippen LogP contribution in [-0.4, -0.2) is 35.4 Å². The molecule has 1 amide bonds. The monoisotopic (exact) mass is 275 g/mol. The molecule has 4 heteroatoms. The highest BCUT2D eigenvalue weighted by Gasteiger charge is 2.23. The molecule has 1 aliphatic rings. The van der Waals surface area contributed by atoms with Crippen molar-refractivity contribution in [1.82, 2.24) is 9.88 Å². The van der Waals surface area contributed by atoms with Crippen LogP contribution in [0.2, 0.25) is 0 Å². The summed E-state index contributed by atoms with van der Waals surface area (Å²) in [5, 5.41) is 3.30. The number of amides is 1. The number of anilines is 1. The van der Waals surface area contributed by atoms with Crippen molar-refractivity contribution in [3.8, 4) is 0 Å². The maximum atomic E-state index is 12.5. The number of aromatic nitrogens is 1. The van der Waals surface area contributed by atoms with Crippen LogP contribution in [0, 0.1) is 5.92 Å². The number of rotatable bonds is 5. The summed E-state index contributed by atoms with van der Waals surface area (Å²) >= 11 is 0. The molecule has 0 spiro atoms. The Morgan fingerprint density at radius 1 is 1.40 bits per heavy atom. The predicted molar refractivity (Wildman–Crippen MR) is 81.9 cm³/mol. The van der Waals surface area contributed by atoms with Gasteiger partial charge >= 0.3 is 0 Å². The van der Waals surface area contributed by atoms with E-state index >= 15 is 0 Å². The number of nitrogens with one attached hydrogen (secondary N) is 1. The number of piperidine rings is 1. The van der Waals surface area contributed by atoms with Gasteiger partial charge in [-0.15, -0.1) is 0 Å². The van der Waals surface area contributed by atoms with Crippen LogP contribution in [0.1, 0.15) is 50.0 Å².